The summed E-state index contributed by atoms with van der Waals surface area (Å²) in [4.78, 5) is 3.41. The molecule has 0 unspecified atom stereocenters. The molecular formula is C15H15F4N3. The zero-order valence-electron chi connectivity index (χ0n) is 11.7. The van der Waals surface area contributed by atoms with Gasteiger partial charge in [-0.15, -0.1) is 0 Å². The standard InChI is InChI=1S/C15H15F4N3/c1-9(20)14(21,10-2-5-12(16)6-3-10)11-4-7-13(22-8-11)15(17,18)19/h2-9H,20-21H2,1H3/t9-,14+/m0/s1. The monoisotopic (exact) mass is 313 g/mol. The maximum Gasteiger partial charge on any atom is 0.433 e. The van der Waals surface area contributed by atoms with Crippen LogP contribution in [0.15, 0.2) is 42.6 Å². The summed E-state index contributed by atoms with van der Waals surface area (Å²) >= 11 is 0. The number of aromatic nitrogens is 1. The van der Waals surface area contributed by atoms with E-state index in [2.05, 4.69) is 4.98 Å². The van der Waals surface area contributed by atoms with Crippen LogP contribution in [0.3, 0.4) is 0 Å². The van der Waals surface area contributed by atoms with Crippen LogP contribution in [0.4, 0.5) is 17.6 Å². The lowest BCUT2D eigenvalue weighted by Crippen LogP contribution is -2.52. The number of nitrogens with two attached hydrogens (primary N) is 2. The van der Waals surface area contributed by atoms with Crippen LogP contribution in [0.25, 0.3) is 0 Å². The van der Waals surface area contributed by atoms with Gasteiger partial charge in [0.15, 0.2) is 0 Å². The van der Waals surface area contributed by atoms with E-state index in [0.29, 0.717) is 11.1 Å². The molecule has 1 aromatic carbocycles. The minimum atomic E-state index is -4.53. The van der Waals surface area contributed by atoms with Gasteiger partial charge in [0.1, 0.15) is 11.5 Å². The van der Waals surface area contributed by atoms with Crippen LogP contribution in [0.5, 0.6) is 0 Å². The first-order valence-electron chi connectivity index (χ1n) is 6.50. The van der Waals surface area contributed by atoms with Crippen molar-refractivity contribution < 1.29 is 17.6 Å². The molecule has 0 saturated heterocycles. The first-order valence-corrected chi connectivity index (χ1v) is 6.50. The number of nitrogens with zero attached hydrogens (tertiary/aromatic N) is 1. The minimum Gasteiger partial charge on any atom is -0.326 e. The molecule has 0 aliphatic heterocycles. The molecule has 0 aliphatic carbocycles. The fourth-order valence-corrected chi connectivity index (χ4v) is 2.22. The smallest absolute Gasteiger partial charge is 0.326 e. The fraction of sp³-hybridized carbons (Fsp3) is 0.267. The van der Waals surface area contributed by atoms with Crippen LogP contribution >= 0.6 is 0 Å². The molecule has 22 heavy (non-hydrogen) atoms. The average molecular weight is 313 g/mol. The number of pyridine rings is 1. The normalized spacial score (nSPS) is 16.1. The number of hydrogen-bond acceptors (Lipinski definition) is 3. The molecule has 1 heterocycles. The van der Waals surface area contributed by atoms with Gasteiger partial charge in [-0.3, -0.25) is 4.98 Å². The van der Waals surface area contributed by atoms with Crippen molar-refractivity contribution >= 4 is 0 Å². The maximum atomic E-state index is 13.1. The van der Waals surface area contributed by atoms with Gasteiger partial charge < -0.3 is 11.5 Å². The Morgan fingerprint density at radius 1 is 1.00 bits per heavy atom. The maximum absolute atomic E-state index is 13.1. The van der Waals surface area contributed by atoms with Crippen molar-refractivity contribution in [2.75, 3.05) is 0 Å². The molecule has 0 saturated carbocycles. The molecule has 0 fully saturated rings. The Hall–Kier alpha value is -1.99. The van der Waals surface area contributed by atoms with E-state index in [0.717, 1.165) is 12.3 Å². The predicted molar refractivity (Wildman–Crippen MR) is 74.3 cm³/mol. The number of alkyl halides is 3. The van der Waals surface area contributed by atoms with Crippen molar-refractivity contribution in [2.45, 2.75) is 24.7 Å². The molecule has 0 spiro atoms. The van der Waals surface area contributed by atoms with Gasteiger partial charge in [-0.1, -0.05) is 18.2 Å². The van der Waals surface area contributed by atoms with E-state index in [9.17, 15) is 17.6 Å². The highest BCUT2D eigenvalue weighted by Crippen LogP contribution is 2.32. The molecular weight excluding hydrogens is 298 g/mol. The van der Waals surface area contributed by atoms with Gasteiger partial charge in [-0.05, 0) is 36.2 Å². The summed E-state index contributed by atoms with van der Waals surface area (Å²) < 4.78 is 50.8. The Morgan fingerprint density at radius 3 is 1.95 bits per heavy atom. The van der Waals surface area contributed by atoms with E-state index >= 15 is 0 Å². The van der Waals surface area contributed by atoms with Gasteiger partial charge in [-0.2, -0.15) is 13.2 Å². The highest BCUT2D eigenvalue weighted by Gasteiger charge is 2.36. The van der Waals surface area contributed by atoms with E-state index in [-0.39, 0.29) is 0 Å². The summed E-state index contributed by atoms with van der Waals surface area (Å²) in [5.41, 5.74) is 10.8. The van der Waals surface area contributed by atoms with Crippen LogP contribution in [0.1, 0.15) is 23.7 Å². The van der Waals surface area contributed by atoms with E-state index in [4.69, 9.17) is 11.5 Å². The summed E-state index contributed by atoms with van der Waals surface area (Å²) in [6.07, 6.45) is -3.48. The van der Waals surface area contributed by atoms with Crippen LogP contribution < -0.4 is 11.5 Å². The highest BCUT2D eigenvalue weighted by atomic mass is 19.4. The van der Waals surface area contributed by atoms with Crippen LogP contribution in [-0.4, -0.2) is 11.0 Å². The second kappa shape index (κ2) is 5.66. The van der Waals surface area contributed by atoms with Crippen molar-refractivity contribution in [1.82, 2.24) is 4.98 Å². The predicted octanol–water partition coefficient (Wildman–Crippen LogP) is 2.79. The molecule has 0 amide bonds. The molecule has 2 aromatic rings. The zero-order valence-corrected chi connectivity index (χ0v) is 11.7. The molecule has 0 aliphatic rings. The Labute approximate surface area is 125 Å². The van der Waals surface area contributed by atoms with Crippen LogP contribution in [-0.2, 0) is 11.7 Å². The lowest BCUT2D eigenvalue weighted by Gasteiger charge is -2.34. The second-order valence-corrected chi connectivity index (χ2v) is 5.09. The van der Waals surface area contributed by atoms with Gasteiger partial charge in [-0.25, -0.2) is 4.39 Å². The van der Waals surface area contributed by atoms with E-state index < -0.39 is 29.3 Å². The molecule has 0 radical (unpaired) electrons. The largest absolute Gasteiger partial charge is 0.433 e. The quantitative estimate of drug-likeness (QED) is 0.856. The average Bonchev–Trinajstić information content (AvgIpc) is 2.46. The molecule has 0 bridgehead atoms. The molecule has 1 aromatic heterocycles. The number of hydrogen-bond donors (Lipinski definition) is 2. The summed E-state index contributed by atoms with van der Waals surface area (Å²) in [5, 5.41) is 0. The number of benzene rings is 1. The Bertz CT molecular complexity index is 635. The molecule has 4 N–H and O–H groups in total. The van der Waals surface area contributed by atoms with E-state index in [1.165, 1.54) is 30.3 Å². The molecule has 2 atom stereocenters. The molecule has 2 rings (SSSR count). The third-order valence-corrected chi connectivity index (χ3v) is 3.57. The molecule has 3 nitrogen and oxygen atoms in total. The van der Waals surface area contributed by atoms with Crippen molar-refractivity contribution in [2.24, 2.45) is 11.5 Å². The zero-order chi connectivity index (χ0) is 16.5. The SMILES string of the molecule is C[C@H](N)[C@@](N)(c1ccc(F)cc1)c1ccc(C(F)(F)F)nc1. The van der Waals surface area contributed by atoms with Crippen LogP contribution in [0.2, 0.25) is 0 Å². The number of rotatable bonds is 3. The Balaban J connectivity index is 2.50. The Morgan fingerprint density at radius 2 is 1.55 bits per heavy atom. The van der Waals surface area contributed by atoms with Crippen molar-refractivity contribution in [1.29, 1.82) is 0 Å². The van der Waals surface area contributed by atoms with Crippen molar-refractivity contribution in [3.8, 4) is 0 Å². The first kappa shape index (κ1) is 16.4. The van der Waals surface area contributed by atoms with Gasteiger partial charge in [0.25, 0.3) is 0 Å². The summed E-state index contributed by atoms with van der Waals surface area (Å²) in [5.74, 6) is -0.443. The van der Waals surface area contributed by atoms with Crippen molar-refractivity contribution in [3.63, 3.8) is 0 Å². The van der Waals surface area contributed by atoms with Gasteiger partial charge >= 0.3 is 6.18 Å². The lowest BCUT2D eigenvalue weighted by atomic mass is 9.79. The highest BCUT2D eigenvalue weighted by molar-refractivity contribution is 5.39. The summed E-state index contributed by atoms with van der Waals surface area (Å²) in [6.45, 7) is 1.63. The van der Waals surface area contributed by atoms with Gasteiger partial charge in [0, 0.05) is 12.2 Å². The summed E-state index contributed by atoms with van der Waals surface area (Å²) in [7, 11) is 0. The topological polar surface area (TPSA) is 64.9 Å². The van der Waals surface area contributed by atoms with Crippen molar-refractivity contribution in [3.05, 3.63) is 65.2 Å². The third-order valence-electron chi connectivity index (χ3n) is 3.57. The number of halogens is 4. The third kappa shape index (κ3) is 2.95. The summed E-state index contributed by atoms with van der Waals surface area (Å²) in [6, 6.07) is 6.81. The van der Waals surface area contributed by atoms with E-state index in [1.54, 1.807) is 6.92 Å². The van der Waals surface area contributed by atoms with Crippen LogP contribution in [0, 0.1) is 5.82 Å². The van der Waals surface area contributed by atoms with Gasteiger partial charge in [0.2, 0.25) is 0 Å². The Kier molecular flexibility index (Phi) is 4.21. The first-order chi connectivity index (χ1) is 10.2. The fourth-order valence-electron chi connectivity index (χ4n) is 2.22. The molecule has 118 valence electrons. The second-order valence-electron chi connectivity index (χ2n) is 5.09. The lowest BCUT2D eigenvalue weighted by molar-refractivity contribution is -0.141. The van der Waals surface area contributed by atoms with Gasteiger partial charge in [0.05, 0.1) is 5.54 Å². The molecule has 7 heteroatoms. The minimum absolute atomic E-state index is 0.321. The van der Waals surface area contributed by atoms with E-state index in [1.807, 2.05) is 0 Å².